The van der Waals surface area contributed by atoms with Crippen LogP contribution >= 0.6 is 0 Å². The van der Waals surface area contributed by atoms with Crippen molar-refractivity contribution in [2.75, 3.05) is 5.73 Å². The van der Waals surface area contributed by atoms with E-state index in [4.69, 9.17) is 11.6 Å². The fourth-order valence-electron chi connectivity index (χ4n) is 10.8. The monoisotopic (exact) mass is 1060 g/mol. The second-order valence-electron chi connectivity index (χ2n) is 20.7. The lowest BCUT2D eigenvalue weighted by Gasteiger charge is -2.17. The molecule has 0 saturated heterocycles. The molecule has 0 radical (unpaired) electrons. The number of hydrogen-bond donors (Lipinski definition) is 7. The minimum Gasteiger partial charge on any atom is -0.508 e. The van der Waals surface area contributed by atoms with E-state index in [9.17, 15) is 43.6 Å². The summed E-state index contributed by atoms with van der Waals surface area (Å²) >= 11 is 0. The van der Waals surface area contributed by atoms with Crippen LogP contribution in [0, 0.1) is 17.5 Å². The number of aliphatic hydroxyl groups is 2. The van der Waals surface area contributed by atoms with E-state index in [0.29, 0.717) is 77.7 Å². The lowest BCUT2D eigenvalue weighted by atomic mass is 9.95. The largest absolute Gasteiger partial charge is 0.508 e. The molecule has 0 bridgehead atoms. The molecule has 0 spiro atoms. The van der Waals surface area contributed by atoms with Gasteiger partial charge in [0.1, 0.15) is 34.6 Å². The fraction of sp³-hybridized carbons (Fsp3) is 0.262. The summed E-state index contributed by atoms with van der Waals surface area (Å²) in [5.74, 6) is 4.14. The Balaban J connectivity index is 0.000000124. The molecule has 400 valence electrons. The molecule has 2 unspecified atom stereocenters. The van der Waals surface area contributed by atoms with E-state index in [1.54, 1.807) is 63.1 Å². The number of hydrogen-bond acceptors (Lipinski definition) is 11. The van der Waals surface area contributed by atoms with E-state index in [1.807, 2.05) is 12.1 Å². The molecule has 3 saturated carbocycles. The standard InChI is InChI=1S/C23H23FN2O2.2C19H17FN2O3/c1-12-17-6-3-14(7-15(17)11-25-12)19-9-22-20(8-21(19)24)18(13(2)27)10-23(28)26(22)16-4-5-16;20-17-8-16-12(10-25-21)7-19(24)22(13-3-4-13)18(16)9-15(17)11-1-5-14(23)6-2-11;20-16-7-14-15(9-23)18(21)19(25)22(11-3-4-11)17(14)8-13(16)10-1-5-12(24)6-2-10/h3,6-10,12-13,16,25,27H,4-5,11H2,1-2H3;1-2,5-9,13,23H,3-4,10,21H2;1-2,5-8,11,23-24H,3-4,9,21H2. The highest BCUT2D eigenvalue weighted by Crippen LogP contribution is 2.42. The molecule has 9 aromatic rings. The van der Waals surface area contributed by atoms with Crippen LogP contribution in [0.25, 0.3) is 66.1 Å². The van der Waals surface area contributed by atoms with Gasteiger partial charge < -0.3 is 45.2 Å². The third-order valence-electron chi connectivity index (χ3n) is 15.3. The molecule has 13 rings (SSSR count). The van der Waals surface area contributed by atoms with Crippen LogP contribution in [0.15, 0.2) is 130 Å². The SMILES string of the molecule is CC(O)c1cc(=O)n(C2CC2)c2cc(-c3ccc4c(c3)CNC4C)c(F)cc12.NOCc1cc(=O)n(C2CC2)c2cc(-c3ccc(O)cc3)c(F)cc12.Nc1c(CO)c2cc(F)c(-c3ccc(O)cc3)cc2n(C2CC2)c1=O. The second kappa shape index (κ2) is 20.7. The van der Waals surface area contributed by atoms with Gasteiger partial charge in [-0.3, -0.25) is 19.2 Å². The zero-order valence-electron chi connectivity index (χ0n) is 42.8. The predicted octanol–water partition coefficient (Wildman–Crippen LogP) is 10.5. The van der Waals surface area contributed by atoms with Gasteiger partial charge in [-0.05, 0) is 158 Å². The Morgan fingerprint density at radius 2 is 1.09 bits per heavy atom. The molecular weight excluding hydrogens is 1000 g/mol. The van der Waals surface area contributed by atoms with E-state index < -0.39 is 24.3 Å². The van der Waals surface area contributed by atoms with Gasteiger partial charge >= 0.3 is 0 Å². The lowest BCUT2D eigenvalue weighted by Crippen LogP contribution is -2.24. The van der Waals surface area contributed by atoms with Crippen molar-refractivity contribution in [3.63, 3.8) is 0 Å². The first-order chi connectivity index (χ1) is 37.5. The zero-order valence-corrected chi connectivity index (χ0v) is 42.8. The first-order valence-electron chi connectivity index (χ1n) is 26.0. The quantitative estimate of drug-likeness (QED) is 0.0639. The molecule has 3 fully saturated rings. The average Bonchev–Trinajstić information content (AvgIpc) is 4.41. The maximum absolute atomic E-state index is 15.1. The van der Waals surface area contributed by atoms with E-state index in [2.05, 4.69) is 23.1 Å². The van der Waals surface area contributed by atoms with Gasteiger partial charge in [-0.25, -0.2) is 19.1 Å². The number of nitrogens with two attached hydrogens (primary N) is 2. The Kier molecular flexibility index (Phi) is 13.8. The summed E-state index contributed by atoms with van der Waals surface area (Å²) in [5, 5.41) is 43.7. The molecule has 1 aliphatic heterocycles. The number of rotatable bonds is 10. The molecule has 3 aromatic heterocycles. The van der Waals surface area contributed by atoms with Gasteiger partial charge in [0.15, 0.2) is 0 Å². The van der Waals surface area contributed by atoms with Crippen LogP contribution in [0.2, 0.25) is 0 Å². The van der Waals surface area contributed by atoms with Crippen LogP contribution in [0.4, 0.5) is 18.9 Å². The number of pyridine rings is 3. The third-order valence-corrected chi connectivity index (χ3v) is 15.3. The van der Waals surface area contributed by atoms with Crippen molar-refractivity contribution < 1.29 is 38.4 Å². The van der Waals surface area contributed by atoms with Crippen molar-refractivity contribution in [3.8, 4) is 44.9 Å². The Labute approximate surface area is 444 Å². The van der Waals surface area contributed by atoms with Gasteiger partial charge in [0, 0.05) is 81.3 Å². The van der Waals surface area contributed by atoms with Gasteiger partial charge in [0.25, 0.3) is 16.7 Å². The van der Waals surface area contributed by atoms with E-state index in [-0.39, 0.29) is 70.0 Å². The van der Waals surface area contributed by atoms with Crippen molar-refractivity contribution in [2.24, 2.45) is 5.90 Å². The summed E-state index contributed by atoms with van der Waals surface area (Å²) in [6.07, 6.45) is 4.71. The van der Waals surface area contributed by atoms with Crippen LogP contribution in [-0.4, -0.2) is 34.1 Å². The summed E-state index contributed by atoms with van der Waals surface area (Å²) in [6.45, 7) is 4.11. The van der Waals surface area contributed by atoms with Crippen molar-refractivity contribution in [1.82, 2.24) is 19.0 Å². The van der Waals surface area contributed by atoms with Crippen LogP contribution in [-0.2, 0) is 24.6 Å². The number of anilines is 1. The minimum absolute atomic E-state index is 0.0290. The molecule has 6 aromatic carbocycles. The summed E-state index contributed by atoms with van der Waals surface area (Å²) in [6, 6.07) is 31.4. The summed E-state index contributed by atoms with van der Waals surface area (Å²) in [7, 11) is 0. The average molecular weight is 1060 g/mol. The first-order valence-corrected chi connectivity index (χ1v) is 26.0. The molecule has 2 atom stereocenters. The molecule has 4 aliphatic rings. The topological polar surface area (TPSA) is 220 Å². The van der Waals surface area contributed by atoms with Crippen molar-refractivity contribution in [2.45, 2.75) is 102 Å². The number of benzene rings is 6. The molecule has 3 aliphatic carbocycles. The maximum Gasteiger partial charge on any atom is 0.274 e. The number of phenols is 2. The number of aromatic nitrogens is 3. The van der Waals surface area contributed by atoms with Crippen LogP contribution in [0.3, 0.4) is 0 Å². The molecule has 78 heavy (non-hydrogen) atoms. The van der Waals surface area contributed by atoms with E-state index >= 15 is 4.39 Å². The van der Waals surface area contributed by atoms with Crippen molar-refractivity contribution in [1.29, 1.82) is 0 Å². The summed E-state index contributed by atoms with van der Waals surface area (Å²) in [5.41, 5.74) is 14.2. The highest BCUT2D eigenvalue weighted by Gasteiger charge is 2.31. The molecule has 17 heteroatoms. The fourth-order valence-corrected chi connectivity index (χ4v) is 10.8. The Bertz CT molecular complexity index is 4030. The number of nitrogen functional groups attached to an aromatic ring is 1. The number of nitrogens with one attached hydrogen (secondary N) is 1. The Morgan fingerprint density at radius 1 is 0.628 bits per heavy atom. The minimum atomic E-state index is -0.832. The molecular formula is C61H57F3N6O8. The lowest BCUT2D eigenvalue weighted by molar-refractivity contribution is 0.125. The number of aliphatic hydroxyl groups excluding tert-OH is 2. The zero-order chi connectivity index (χ0) is 54.8. The van der Waals surface area contributed by atoms with Crippen LogP contribution < -0.4 is 33.6 Å². The van der Waals surface area contributed by atoms with Gasteiger partial charge in [-0.15, -0.1) is 0 Å². The van der Waals surface area contributed by atoms with E-state index in [1.165, 1.54) is 65.7 Å². The number of fused-ring (bicyclic) bond motifs is 4. The van der Waals surface area contributed by atoms with Crippen LogP contribution in [0.5, 0.6) is 11.5 Å². The van der Waals surface area contributed by atoms with Crippen molar-refractivity contribution >= 4 is 38.4 Å². The highest BCUT2D eigenvalue weighted by molar-refractivity contribution is 5.92. The number of nitrogens with zero attached hydrogens (tertiary/aromatic N) is 3. The maximum atomic E-state index is 15.1. The number of aromatic hydroxyl groups is 2. The molecule has 14 nitrogen and oxygen atoms in total. The smallest absolute Gasteiger partial charge is 0.274 e. The third kappa shape index (κ3) is 9.83. The summed E-state index contributed by atoms with van der Waals surface area (Å²) < 4.78 is 49.7. The van der Waals surface area contributed by atoms with Gasteiger partial charge in [0.05, 0.1) is 35.9 Å². The molecule has 0 amide bonds. The Hall–Kier alpha value is -8.06. The van der Waals surface area contributed by atoms with Gasteiger partial charge in [-0.2, -0.15) is 0 Å². The number of halogens is 3. The molecule has 4 heterocycles. The highest BCUT2D eigenvalue weighted by atomic mass is 19.1. The Morgan fingerprint density at radius 3 is 1.60 bits per heavy atom. The number of phenolic OH excluding ortho intramolecular Hbond substituents is 2. The van der Waals surface area contributed by atoms with Gasteiger partial charge in [0.2, 0.25) is 0 Å². The van der Waals surface area contributed by atoms with Crippen molar-refractivity contribution in [3.05, 3.63) is 192 Å². The van der Waals surface area contributed by atoms with Gasteiger partial charge in [-0.1, -0.05) is 36.4 Å². The predicted molar refractivity (Wildman–Crippen MR) is 294 cm³/mol. The molecule has 9 N–H and O–H groups in total. The van der Waals surface area contributed by atoms with Crippen LogP contribution in [0.1, 0.15) is 110 Å². The second-order valence-corrected chi connectivity index (χ2v) is 20.7. The summed E-state index contributed by atoms with van der Waals surface area (Å²) in [4.78, 5) is 42.5. The van der Waals surface area contributed by atoms with E-state index in [0.717, 1.165) is 50.6 Å². The first kappa shape index (κ1) is 52.0. The normalized spacial score (nSPS) is 16.2.